The monoisotopic (exact) mass is 822 g/mol. The van der Waals surface area contributed by atoms with Crippen LogP contribution in [-0.4, -0.2) is 136 Å². The van der Waals surface area contributed by atoms with Gasteiger partial charge in [-0.25, -0.2) is 4.79 Å². The smallest absolute Gasteiger partial charge is 0.331 e. The number of rotatable bonds is 8. The Labute approximate surface area is 341 Å². The number of aliphatic hydroxyl groups excluding tert-OH is 4. The third-order valence-electron chi connectivity index (χ3n) is 16.2. The highest BCUT2D eigenvalue weighted by Gasteiger charge is 2.71. The molecule has 7 fully saturated rings. The summed E-state index contributed by atoms with van der Waals surface area (Å²) in [4.78, 5) is 23.4. The molecule has 15 heteroatoms. The van der Waals surface area contributed by atoms with Crippen molar-refractivity contribution in [2.45, 2.75) is 204 Å². The molecular formula is C43H66O15. The van der Waals surface area contributed by atoms with Crippen molar-refractivity contribution < 1.29 is 73.0 Å². The summed E-state index contributed by atoms with van der Waals surface area (Å²) in [5.41, 5.74) is -0.916. The van der Waals surface area contributed by atoms with Crippen LogP contribution in [0.1, 0.15) is 112 Å². The van der Waals surface area contributed by atoms with Crippen LogP contribution in [0.5, 0.6) is 0 Å². The number of fused-ring (bicyclic) bond motifs is 5. The molecule has 3 unspecified atom stereocenters. The maximum absolute atomic E-state index is 12.6. The van der Waals surface area contributed by atoms with Crippen molar-refractivity contribution in [3.8, 4) is 0 Å². The Bertz CT molecular complexity index is 1520. The summed E-state index contributed by atoms with van der Waals surface area (Å²) < 4.78 is 47.6. The van der Waals surface area contributed by atoms with E-state index in [0.717, 1.165) is 44.1 Å². The molecular weight excluding hydrogens is 756 g/mol. The van der Waals surface area contributed by atoms with Gasteiger partial charge in [-0.3, -0.25) is 4.79 Å². The van der Waals surface area contributed by atoms with Gasteiger partial charge in [-0.15, -0.1) is 0 Å². The normalized spacial score (nSPS) is 53.2. The number of ether oxygens (including phenoxy) is 8. The van der Waals surface area contributed by atoms with Crippen molar-refractivity contribution in [3.63, 3.8) is 0 Å². The fourth-order valence-electron chi connectivity index (χ4n) is 13.1. The minimum absolute atomic E-state index is 0.0551. The molecule has 5 N–H and O–H groups in total. The van der Waals surface area contributed by atoms with E-state index in [1.165, 1.54) is 6.92 Å². The maximum Gasteiger partial charge on any atom is 0.331 e. The molecule has 8 aliphatic rings. The zero-order valence-corrected chi connectivity index (χ0v) is 34.8. The standard InChI is InChI=1S/C43H66O15/c1-20-38(55-23(4)44)30(45)17-36(53-20)57-40-22(3)54-37(18-32(40)47)58-39-21(2)52-35(16-31(39)46)56-26-9-11-41(5)25(14-26)7-8-28-29(41)15-33(48)42(6)27(10-12-43(28,42)50)24-13-34(49)51-19-24/h13,20-22,25-33,35-40,45-48,50H,7-12,14-19H2,1-6H3/t20?,21?,22?,25-,26+,27-,28-,29+,30-,31-,32-,33-,35+,36+,37+,38-,39-,40-,41+,42+,43+/m1/s1. The van der Waals surface area contributed by atoms with E-state index in [1.807, 2.05) is 13.8 Å². The van der Waals surface area contributed by atoms with Gasteiger partial charge in [0.1, 0.15) is 18.8 Å². The molecule has 0 bridgehead atoms. The minimum Gasteiger partial charge on any atom is -0.458 e. The highest BCUT2D eigenvalue weighted by Crippen LogP contribution is 2.70. The third-order valence-corrected chi connectivity index (χ3v) is 16.2. The van der Waals surface area contributed by atoms with Crippen molar-refractivity contribution in [1.29, 1.82) is 0 Å². The fraction of sp³-hybridized carbons (Fsp3) is 0.907. The molecule has 0 radical (unpaired) electrons. The number of hydrogen-bond acceptors (Lipinski definition) is 15. The molecule has 0 aromatic rings. The molecule has 4 heterocycles. The first-order chi connectivity index (χ1) is 27.4. The van der Waals surface area contributed by atoms with E-state index in [1.54, 1.807) is 19.9 Å². The largest absolute Gasteiger partial charge is 0.458 e. The number of carbonyl (C=O) groups is 2. The number of esters is 2. The summed E-state index contributed by atoms with van der Waals surface area (Å²) in [5.74, 6) is -0.339. The Kier molecular flexibility index (Phi) is 12.0. The number of cyclic esters (lactones) is 1. The van der Waals surface area contributed by atoms with Gasteiger partial charge in [0.2, 0.25) is 0 Å². The molecule has 4 saturated carbocycles. The SMILES string of the molecule is CC(=O)O[C@@H]1C(C)O[C@@H](O[C@@H]2C(C)O[C@@H](O[C@@H]3C(C)O[C@@H](O[C@H]4CC[C@@]5(C)[C@H](CC[C@@H]6[C@@H]5C[C@@H](O)[C@]5(C)[C@@H](C7=CC(=O)OC7)CC[C@]65O)C4)C[C@H]3O)C[C@H]2O)C[C@H]1O. The quantitative estimate of drug-likeness (QED) is 0.176. The van der Waals surface area contributed by atoms with Gasteiger partial charge in [-0.1, -0.05) is 13.8 Å². The third kappa shape index (κ3) is 7.49. The van der Waals surface area contributed by atoms with Crippen LogP contribution < -0.4 is 0 Å². The zero-order valence-electron chi connectivity index (χ0n) is 34.8. The second-order valence-electron chi connectivity index (χ2n) is 19.4. The van der Waals surface area contributed by atoms with Gasteiger partial charge in [0.05, 0.1) is 54.4 Å². The lowest BCUT2D eigenvalue weighted by Gasteiger charge is -2.65. The van der Waals surface area contributed by atoms with Crippen molar-refractivity contribution in [3.05, 3.63) is 11.6 Å². The van der Waals surface area contributed by atoms with Gasteiger partial charge < -0.3 is 63.4 Å². The molecule has 8 rings (SSSR count). The Morgan fingerprint density at radius 3 is 1.83 bits per heavy atom. The first kappa shape index (κ1) is 42.9. The van der Waals surface area contributed by atoms with Crippen LogP contribution >= 0.6 is 0 Å². The Morgan fingerprint density at radius 2 is 1.29 bits per heavy atom. The van der Waals surface area contributed by atoms with Crippen molar-refractivity contribution in [2.75, 3.05) is 6.61 Å². The lowest BCUT2D eigenvalue weighted by Crippen LogP contribution is -2.67. The molecule has 21 atom stereocenters. The summed E-state index contributed by atoms with van der Waals surface area (Å²) in [6.07, 6.45) is -1.64. The summed E-state index contributed by atoms with van der Waals surface area (Å²) >= 11 is 0. The second-order valence-corrected chi connectivity index (χ2v) is 19.4. The fourth-order valence-corrected chi connectivity index (χ4v) is 13.1. The molecule has 4 aliphatic carbocycles. The highest BCUT2D eigenvalue weighted by atomic mass is 16.7. The van der Waals surface area contributed by atoms with Crippen LogP contribution in [0.4, 0.5) is 0 Å². The lowest BCUT2D eigenvalue weighted by atomic mass is 9.42. The van der Waals surface area contributed by atoms with E-state index >= 15 is 0 Å². The van der Waals surface area contributed by atoms with E-state index in [0.29, 0.717) is 18.8 Å². The topological polar surface area (TPSA) is 209 Å². The Hall–Kier alpha value is -1.76. The van der Waals surface area contributed by atoms with E-state index in [9.17, 15) is 35.1 Å². The molecule has 15 nitrogen and oxygen atoms in total. The van der Waals surface area contributed by atoms with Crippen LogP contribution in [0.2, 0.25) is 0 Å². The van der Waals surface area contributed by atoms with Gasteiger partial charge in [0, 0.05) is 37.7 Å². The first-order valence-corrected chi connectivity index (χ1v) is 21.8. The van der Waals surface area contributed by atoms with E-state index in [4.69, 9.17) is 37.9 Å². The van der Waals surface area contributed by atoms with Crippen molar-refractivity contribution >= 4 is 11.9 Å². The predicted octanol–water partition coefficient (Wildman–Crippen LogP) is 2.79. The van der Waals surface area contributed by atoms with Gasteiger partial charge in [0.25, 0.3) is 0 Å². The number of aliphatic hydroxyl groups is 5. The molecule has 0 spiro atoms. The molecule has 0 aromatic heterocycles. The molecule has 328 valence electrons. The average molecular weight is 823 g/mol. The number of carbonyl (C=O) groups excluding carboxylic acids is 2. The predicted molar refractivity (Wildman–Crippen MR) is 202 cm³/mol. The van der Waals surface area contributed by atoms with Crippen LogP contribution in [0.25, 0.3) is 0 Å². The van der Waals surface area contributed by atoms with Gasteiger partial charge in [-0.05, 0) is 107 Å². The van der Waals surface area contributed by atoms with Gasteiger partial charge >= 0.3 is 11.9 Å². The van der Waals surface area contributed by atoms with Crippen molar-refractivity contribution in [2.24, 2.45) is 34.5 Å². The van der Waals surface area contributed by atoms with Gasteiger partial charge in [0.15, 0.2) is 25.0 Å². The van der Waals surface area contributed by atoms with Crippen molar-refractivity contribution in [1.82, 2.24) is 0 Å². The molecule has 0 aromatic carbocycles. The summed E-state index contributed by atoms with van der Waals surface area (Å²) in [6, 6.07) is 0. The van der Waals surface area contributed by atoms with E-state index in [-0.39, 0.29) is 61.1 Å². The Morgan fingerprint density at radius 1 is 0.724 bits per heavy atom. The van der Waals surface area contributed by atoms with E-state index < -0.39 is 96.9 Å². The lowest BCUT2D eigenvalue weighted by molar-refractivity contribution is -0.336. The van der Waals surface area contributed by atoms with E-state index in [2.05, 4.69) is 6.92 Å². The van der Waals surface area contributed by atoms with Crippen LogP contribution in [0.15, 0.2) is 11.6 Å². The second kappa shape index (κ2) is 16.2. The number of hydrogen-bond donors (Lipinski definition) is 5. The van der Waals surface area contributed by atoms with Gasteiger partial charge in [-0.2, -0.15) is 0 Å². The average Bonchev–Trinajstić information content (AvgIpc) is 3.70. The molecule has 3 saturated heterocycles. The Balaban J connectivity index is 0.823. The molecule has 0 amide bonds. The van der Waals surface area contributed by atoms with Crippen LogP contribution in [0, 0.1) is 34.5 Å². The summed E-state index contributed by atoms with van der Waals surface area (Å²) in [6.45, 7) is 11.2. The maximum atomic E-state index is 12.6. The first-order valence-electron chi connectivity index (χ1n) is 21.8. The molecule has 58 heavy (non-hydrogen) atoms. The minimum atomic E-state index is -1.02. The zero-order chi connectivity index (χ0) is 41.5. The summed E-state index contributed by atoms with van der Waals surface area (Å²) in [7, 11) is 0. The van der Waals surface area contributed by atoms with Crippen LogP contribution in [-0.2, 0) is 47.5 Å². The highest BCUT2D eigenvalue weighted by molar-refractivity contribution is 5.85. The summed E-state index contributed by atoms with van der Waals surface area (Å²) in [5, 5.41) is 57.5. The van der Waals surface area contributed by atoms with Crippen LogP contribution in [0.3, 0.4) is 0 Å². The molecule has 4 aliphatic heterocycles.